The van der Waals surface area contributed by atoms with Gasteiger partial charge < -0.3 is 4.74 Å². The number of hydrogen-bond acceptors (Lipinski definition) is 6. The number of allylic oxidation sites excluding steroid dienone is 1. The van der Waals surface area contributed by atoms with E-state index < -0.39 is 11.0 Å². The summed E-state index contributed by atoms with van der Waals surface area (Å²) in [5.41, 5.74) is 1.91. The highest BCUT2D eigenvalue weighted by atomic mass is 35.5. The zero-order chi connectivity index (χ0) is 21.4. The average Bonchev–Trinajstić information content (AvgIpc) is 3.48. The molecule has 31 heavy (non-hydrogen) atoms. The number of methoxy groups -OCH3 is 1. The van der Waals surface area contributed by atoms with E-state index in [0.717, 1.165) is 22.7 Å². The van der Waals surface area contributed by atoms with Crippen LogP contribution in [-0.2, 0) is 4.79 Å². The summed E-state index contributed by atoms with van der Waals surface area (Å²) in [7, 11) is 1.65. The van der Waals surface area contributed by atoms with Crippen molar-refractivity contribution in [2.75, 3.05) is 17.0 Å². The van der Waals surface area contributed by atoms with E-state index in [1.54, 1.807) is 18.2 Å². The third-order valence-corrected chi connectivity index (χ3v) is 6.75. The van der Waals surface area contributed by atoms with Gasteiger partial charge in [-0.05, 0) is 35.9 Å². The molecule has 1 saturated heterocycles. The molecule has 156 valence electrons. The minimum absolute atomic E-state index is 0.159. The van der Waals surface area contributed by atoms with Crippen LogP contribution in [0.4, 0.5) is 10.8 Å². The fourth-order valence-electron chi connectivity index (χ4n) is 3.95. The Hall–Kier alpha value is -3.16. The summed E-state index contributed by atoms with van der Waals surface area (Å²) in [4.78, 5) is 18.8. The van der Waals surface area contributed by atoms with Gasteiger partial charge in [0.15, 0.2) is 16.2 Å². The number of halogens is 1. The van der Waals surface area contributed by atoms with Crippen LogP contribution in [0.25, 0.3) is 6.08 Å². The zero-order valence-corrected chi connectivity index (χ0v) is 18.3. The lowest BCUT2D eigenvalue weighted by atomic mass is 9.87. The number of nitrogens with zero attached hydrogens (tertiary/aromatic N) is 4. The lowest BCUT2D eigenvalue weighted by molar-refractivity contribution is -0.126. The first-order valence-corrected chi connectivity index (χ1v) is 11.1. The quantitative estimate of drug-likeness (QED) is 0.414. The number of aromatic nitrogens is 1. The predicted octanol–water partition coefficient (Wildman–Crippen LogP) is 4.78. The van der Waals surface area contributed by atoms with Crippen LogP contribution in [0, 0.1) is 0 Å². The van der Waals surface area contributed by atoms with Gasteiger partial charge in [-0.1, -0.05) is 36.4 Å². The number of thiazole rings is 1. The van der Waals surface area contributed by atoms with Gasteiger partial charge in [0.05, 0.1) is 18.5 Å². The zero-order valence-electron chi connectivity index (χ0n) is 16.7. The molecule has 3 aromatic rings. The Morgan fingerprint density at radius 3 is 2.61 bits per heavy atom. The first kappa shape index (κ1) is 19.8. The Morgan fingerprint density at radius 1 is 1.16 bits per heavy atom. The molecule has 1 amide bonds. The molecule has 0 aliphatic carbocycles. The Morgan fingerprint density at radius 2 is 1.94 bits per heavy atom. The van der Waals surface area contributed by atoms with Gasteiger partial charge in [0.1, 0.15) is 5.75 Å². The van der Waals surface area contributed by atoms with E-state index in [4.69, 9.17) is 21.4 Å². The molecule has 0 radical (unpaired) electrons. The van der Waals surface area contributed by atoms with E-state index >= 15 is 0 Å². The normalized spacial score (nSPS) is 22.8. The summed E-state index contributed by atoms with van der Waals surface area (Å²) in [5, 5.41) is 8.47. The maximum absolute atomic E-state index is 12.8. The monoisotopic (exact) mass is 450 g/mol. The second-order valence-corrected chi connectivity index (χ2v) is 8.56. The van der Waals surface area contributed by atoms with Gasteiger partial charge in [-0.2, -0.15) is 5.10 Å². The number of rotatable bonds is 5. The number of β-lactam (4-membered cyclic amide) rings is 1. The highest BCUT2D eigenvalue weighted by Gasteiger charge is 2.67. The highest BCUT2D eigenvalue weighted by molar-refractivity contribution is 7.14. The maximum Gasteiger partial charge on any atom is 0.253 e. The van der Waals surface area contributed by atoms with Crippen LogP contribution >= 0.6 is 22.9 Å². The number of amides is 1. The fraction of sp³-hybridized carbons (Fsp3) is 0.174. The van der Waals surface area contributed by atoms with Gasteiger partial charge in [0.2, 0.25) is 0 Å². The molecule has 2 aliphatic rings. The standard InChI is InChI=1S/C23H19ClN4O2S/c1-30-19-11-8-16(9-12-19)7-10-17-15-23(28(26-17)18-5-3-2-4-6-18)20(24)21(29)27(23)22-25-13-14-31-22/h2-14,20H,15H2,1H3/b10-7+. The highest BCUT2D eigenvalue weighted by Crippen LogP contribution is 2.50. The molecule has 6 nitrogen and oxygen atoms in total. The predicted molar refractivity (Wildman–Crippen MR) is 125 cm³/mol. The van der Waals surface area contributed by atoms with E-state index in [1.165, 1.54) is 11.3 Å². The van der Waals surface area contributed by atoms with Crippen molar-refractivity contribution in [3.05, 3.63) is 77.8 Å². The van der Waals surface area contributed by atoms with Crippen LogP contribution in [0.15, 0.2) is 77.4 Å². The summed E-state index contributed by atoms with van der Waals surface area (Å²) < 4.78 is 5.22. The summed E-state index contributed by atoms with van der Waals surface area (Å²) >= 11 is 8.08. The van der Waals surface area contributed by atoms with Gasteiger partial charge >= 0.3 is 0 Å². The smallest absolute Gasteiger partial charge is 0.253 e. The lowest BCUT2D eigenvalue weighted by Crippen LogP contribution is -2.78. The summed E-state index contributed by atoms with van der Waals surface area (Å²) in [6, 6.07) is 17.6. The molecule has 1 fully saturated rings. The summed E-state index contributed by atoms with van der Waals surface area (Å²) in [5.74, 6) is 0.648. The minimum Gasteiger partial charge on any atom is -0.497 e. The van der Waals surface area contributed by atoms with Crippen molar-refractivity contribution in [3.8, 4) is 5.75 Å². The average molecular weight is 451 g/mol. The summed E-state index contributed by atoms with van der Waals surface area (Å²) in [6.45, 7) is 0. The molecule has 0 saturated carbocycles. The van der Waals surface area contributed by atoms with E-state index in [9.17, 15) is 4.79 Å². The number of benzene rings is 2. The van der Waals surface area contributed by atoms with Crippen LogP contribution in [-0.4, -0.2) is 34.8 Å². The molecule has 1 aromatic heterocycles. The Bertz CT molecular complexity index is 1150. The molecule has 0 N–H and O–H groups in total. The minimum atomic E-state index is -0.822. The fourth-order valence-corrected chi connectivity index (χ4v) is 5.03. The van der Waals surface area contributed by atoms with Crippen LogP contribution in [0.5, 0.6) is 5.75 Å². The van der Waals surface area contributed by atoms with E-state index in [2.05, 4.69) is 4.98 Å². The molecule has 2 aliphatic heterocycles. The number of hydrogen-bond donors (Lipinski definition) is 0. The van der Waals surface area contributed by atoms with Crippen LogP contribution in [0.3, 0.4) is 0 Å². The topological polar surface area (TPSA) is 58.0 Å². The number of hydrazone groups is 1. The van der Waals surface area contributed by atoms with Crippen molar-refractivity contribution in [1.29, 1.82) is 0 Å². The Labute approximate surface area is 189 Å². The van der Waals surface area contributed by atoms with Crippen molar-refractivity contribution >= 4 is 51.5 Å². The molecule has 8 heteroatoms. The number of alkyl halides is 1. The van der Waals surface area contributed by atoms with Gasteiger partial charge in [-0.15, -0.1) is 22.9 Å². The van der Waals surface area contributed by atoms with Crippen LogP contribution in [0.2, 0.25) is 0 Å². The molecule has 2 aromatic carbocycles. The van der Waals surface area contributed by atoms with Crippen LogP contribution < -0.4 is 14.6 Å². The first-order chi connectivity index (χ1) is 15.1. The van der Waals surface area contributed by atoms with Gasteiger partial charge in [0.25, 0.3) is 5.91 Å². The number of anilines is 2. The molecule has 2 unspecified atom stereocenters. The van der Waals surface area contributed by atoms with Crippen molar-refractivity contribution in [2.45, 2.75) is 17.5 Å². The maximum atomic E-state index is 12.8. The van der Waals surface area contributed by atoms with E-state index in [-0.39, 0.29) is 5.91 Å². The number of ether oxygens (including phenoxy) is 1. The van der Waals surface area contributed by atoms with Gasteiger partial charge in [0, 0.05) is 18.0 Å². The molecule has 0 bridgehead atoms. The second-order valence-electron chi connectivity index (χ2n) is 7.25. The molecule has 1 spiro atoms. The number of carbonyl (C=O) groups excluding carboxylic acids is 1. The van der Waals surface area contributed by atoms with E-state index in [0.29, 0.717) is 11.6 Å². The van der Waals surface area contributed by atoms with Gasteiger partial charge in [-0.3, -0.25) is 9.69 Å². The van der Waals surface area contributed by atoms with E-state index in [1.807, 2.05) is 77.1 Å². The van der Waals surface area contributed by atoms with Crippen LogP contribution in [0.1, 0.15) is 12.0 Å². The first-order valence-electron chi connectivity index (χ1n) is 9.76. The van der Waals surface area contributed by atoms with Gasteiger partial charge in [-0.25, -0.2) is 9.99 Å². The number of carbonyl (C=O) groups is 1. The Balaban J connectivity index is 1.51. The summed E-state index contributed by atoms with van der Waals surface area (Å²) in [6.07, 6.45) is 6.15. The Kier molecular flexibility index (Phi) is 5.00. The van der Waals surface area contributed by atoms with Crippen molar-refractivity contribution < 1.29 is 9.53 Å². The SMILES string of the molecule is COc1ccc(/C=C/C2=NN(c3ccccc3)C3(C2)C(Cl)C(=O)N3c2nccs2)cc1. The van der Waals surface area contributed by atoms with Crippen molar-refractivity contribution in [3.63, 3.8) is 0 Å². The largest absolute Gasteiger partial charge is 0.497 e. The lowest BCUT2D eigenvalue weighted by Gasteiger charge is -2.55. The third-order valence-electron chi connectivity index (χ3n) is 5.46. The third kappa shape index (κ3) is 3.21. The molecule has 3 heterocycles. The molecular formula is C23H19ClN4O2S. The molecule has 2 atom stereocenters. The number of para-hydroxylation sites is 1. The van der Waals surface area contributed by atoms with Crippen molar-refractivity contribution in [2.24, 2.45) is 5.10 Å². The molecule has 5 rings (SSSR count). The molecular weight excluding hydrogens is 432 g/mol. The second kappa shape index (κ2) is 7.83. The van der Waals surface area contributed by atoms with Crippen molar-refractivity contribution in [1.82, 2.24) is 4.98 Å².